The van der Waals surface area contributed by atoms with Gasteiger partial charge in [-0.3, -0.25) is 0 Å². The van der Waals surface area contributed by atoms with E-state index in [1.165, 1.54) is 6.07 Å². The van der Waals surface area contributed by atoms with E-state index in [-0.39, 0.29) is 23.5 Å². The molecule has 1 saturated carbocycles. The zero-order valence-corrected chi connectivity index (χ0v) is 15.4. The first kappa shape index (κ1) is 21.1. The number of halogens is 6. The maximum absolute atomic E-state index is 12.9. The lowest BCUT2D eigenvalue weighted by Crippen LogP contribution is -2.34. The van der Waals surface area contributed by atoms with Crippen molar-refractivity contribution in [3.8, 4) is 11.5 Å². The van der Waals surface area contributed by atoms with Gasteiger partial charge in [-0.15, -0.1) is 0 Å². The average Bonchev–Trinajstić information content (AvgIpc) is 3.45. The lowest BCUT2D eigenvalue weighted by Gasteiger charge is -2.19. The average molecular weight is 420 g/mol. The quantitative estimate of drug-likeness (QED) is 0.669. The Hall–Kier alpha value is -2.66. The van der Waals surface area contributed by atoms with Gasteiger partial charge in [-0.2, -0.15) is 41.3 Å². The van der Waals surface area contributed by atoms with Gasteiger partial charge in [0, 0.05) is 6.04 Å². The summed E-state index contributed by atoms with van der Waals surface area (Å²) in [5, 5.41) is 5.10. The molecule has 0 radical (unpaired) electrons. The first-order chi connectivity index (χ1) is 13.4. The highest BCUT2D eigenvalue weighted by atomic mass is 19.4. The number of rotatable bonds is 6. The van der Waals surface area contributed by atoms with Crippen LogP contribution in [0.3, 0.4) is 0 Å². The van der Waals surface area contributed by atoms with E-state index in [4.69, 9.17) is 0 Å². The lowest BCUT2D eigenvalue weighted by molar-refractivity contribution is -0.141. The van der Waals surface area contributed by atoms with Crippen molar-refractivity contribution >= 4 is 11.9 Å². The normalized spacial score (nSPS) is 17.0. The van der Waals surface area contributed by atoms with Crippen LogP contribution >= 0.6 is 0 Å². The van der Waals surface area contributed by atoms with Gasteiger partial charge in [0.1, 0.15) is 17.4 Å². The highest BCUT2D eigenvalue weighted by Gasteiger charge is 2.37. The van der Waals surface area contributed by atoms with Crippen molar-refractivity contribution < 1.29 is 26.3 Å². The van der Waals surface area contributed by atoms with Crippen LogP contribution in [0.1, 0.15) is 32.4 Å². The van der Waals surface area contributed by atoms with Crippen LogP contribution < -0.4 is 10.6 Å². The van der Waals surface area contributed by atoms with Crippen LogP contribution in [0, 0.1) is 5.92 Å². The Balaban J connectivity index is 1.97. The Morgan fingerprint density at radius 1 is 0.897 bits per heavy atom. The van der Waals surface area contributed by atoms with Crippen LogP contribution in [0.5, 0.6) is 0 Å². The topological polar surface area (TPSA) is 75.6 Å². The Kier molecular flexibility index (Phi) is 5.54. The van der Waals surface area contributed by atoms with E-state index in [9.17, 15) is 26.3 Å². The van der Waals surface area contributed by atoms with Gasteiger partial charge in [0.2, 0.25) is 11.9 Å². The second kappa shape index (κ2) is 7.64. The predicted molar refractivity (Wildman–Crippen MR) is 93.0 cm³/mol. The maximum atomic E-state index is 12.9. The Morgan fingerprint density at radius 3 is 2.07 bits per heavy atom. The van der Waals surface area contributed by atoms with Crippen molar-refractivity contribution in [1.82, 2.24) is 19.9 Å². The molecule has 2 N–H and O–H groups in total. The van der Waals surface area contributed by atoms with E-state index in [1.54, 1.807) is 0 Å². The molecule has 0 amide bonds. The van der Waals surface area contributed by atoms with E-state index in [2.05, 4.69) is 30.6 Å². The third-order valence-electron chi connectivity index (χ3n) is 4.43. The van der Waals surface area contributed by atoms with Gasteiger partial charge >= 0.3 is 12.4 Å². The summed E-state index contributed by atoms with van der Waals surface area (Å²) in [5.41, 5.74) is -1.39. The van der Waals surface area contributed by atoms with Gasteiger partial charge in [0.25, 0.3) is 0 Å². The molecule has 1 aliphatic carbocycles. The molecule has 3 rings (SSSR count). The molecule has 2 aromatic rings. The molecule has 0 saturated heterocycles. The number of alkyl halides is 6. The van der Waals surface area contributed by atoms with Gasteiger partial charge in [0.05, 0.1) is 0 Å². The monoisotopic (exact) mass is 420 g/mol. The number of pyridine rings is 1. The second-order valence-corrected chi connectivity index (χ2v) is 6.89. The van der Waals surface area contributed by atoms with E-state index >= 15 is 0 Å². The maximum Gasteiger partial charge on any atom is 0.433 e. The Bertz CT molecular complexity index is 864. The van der Waals surface area contributed by atoms with Gasteiger partial charge in [0.15, 0.2) is 5.82 Å². The molecule has 2 heterocycles. The highest BCUT2D eigenvalue weighted by Crippen LogP contribution is 2.34. The number of nitrogens with one attached hydrogen (secondary N) is 2. The molecule has 2 atom stereocenters. The van der Waals surface area contributed by atoms with E-state index in [0.717, 1.165) is 31.9 Å². The van der Waals surface area contributed by atoms with Crippen LogP contribution in [0.15, 0.2) is 18.2 Å². The molecular formula is C17H18F6N6. The van der Waals surface area contributed by atoms with Crippen molar-refractivity contribution in [2.45, 2.75) is 51.1 Å². The fourth-order valence-electron chi connectivity index (χ4n) is 2.53. The summed E-state index contributed by atoms with van der Waals surface area (Å²) < 4.78 is 77.5. The molecule has 1 unspecified atom stereocenters. The van der Waals surface area contributed by atoms with Crippen molar-refractivity contribution in [3.63, 3.8) is 0 Å². The first-order valence-corrected chi connectivity index (χ1v) is 8.84. The Labute approximate surface area is 162 Å². The van der Waals surface area contributed by atoms with Crippen LogP contribution in [0.25, 0.3) is 11.5 Å². The molecule has 0 spiro atoms. The fraction of sp³-hybridized carbons (Fsp3) is 0.529. The molecule has 29 heavy (non-hydrogen) atoms. The number of nitrogens with zero attached hydrogens (tertiary/aromatic N) is 4. The smallest absolute Gasteiger partial charge is 0.351 e. The third kappa shape index (κ3) is 5.45. The van der Waals surface area contributed by atoms with Crippen molar-refractivity contribution in [2.24, 2.45) is 5.92 Å². The second-order valence-electron chi connectivity index (χ2n) is 6.89. The number of hydrogen-bond donors (Lipinski definition) is 2. The molecular weight excluding hydrogens is 402 g/mol. The minimum atomic E-state index is -4.68. The molecule has 2 aromatic heterocycles. The standard InChI is InChI=1S/C17H18F6N6/c1-8(10-6-7-10)24-14-27-13(11-4-3-5-12(26-11)17(21,22)23)28-15(29-14)25-9(2)16(18,19)20/h3-5,8-10H,6-7H2,1-2H3,(H2,24,25,27,28,29)/t8-,9?/m1/s1. The van der Waals surface area contributed by atoms with Gasteiger partial charge in [-0.05, 0) is 44.7 Å². The molecule has 0 aromatic carbocycles. The van der Waals surface area contributed by atoms with Crippen molar-refractivity contribution in [2.75, 3.05) is 10.6 Å². The molecule has 12 heteroatoms. The molecule has 6 nitrogen and oxygen atoms in total. The van der Waals surface area contributed by atoms with Crippen LogP contribution in [0.4, 0.5) is 38.2 Å². The minimum absolute atomic E-state index is 0.0366. The molecule has 1 aliphatic rings. The van der Waals surface area contributed by atoms with Gasteiger partial charge < -0.3 is 10.6 Å². The summed E-state index contributed by atoms with van der Waals surface area (Å²) in [6, 6.07) is 1.13. The van der Waals surface area contributed by atoms with Crippen LogP contribution in [-0.4, -0.2) is 38.2 Å². The summed E-state index contributed by atoms with van der Waals surface area (Å²) in [7, 11) is 0. The predicted octanol–water partition coefficient (Wildman–Crippen LogP) is 4.53. The molecule has 158 valence electrons. The van der Waals surface area contributed by atoms with Gasteiger partial charge in [-0.25, -0.2) is 4.98 Å². The third-order valence-corrected chi connectivity index (χ3v) is 4.43. The van der Waals surface area contributed by atoms with E-state index < -0.39 is 30.0 Å². The highest BCUT2D eigenvalue weighted by molar-refractivity contribution is 5.54. The van der Waals surface area contributed by atoms with Crippen LogP contribution in [0.2, 0.25) is 0 Å². The Morgan fingerprint density at radius 2 is 1.52 bits per heavy atom. The molecule has 1 fully saturated rings. The first-order valence-electron chi connectivity index (χ1n) is 8.84. The summed E-state index contributed by atoms with van der Waals surface area (Å²) >= 11 is 0. The zero-order chi connectivity index (χ0) is 21.4. The zero-order valence-electron chi connectivity index (χ0n) is 15.4. The minimum Gasteiger partial charge on any atom is -0.351 e. The summed E-state index contributed by atoms with van der Waals surface area (Å²) in [6.45, 7) is 2.75. The molecule has 0 bridgehead atoms. The van der Waals surface area contributed by atoms with Crippen molar-refractivity contribution in [3.05, 3.63) is 23.9 Å². The van der Waals surface area contributed by atoms with E-state index in [1.807, 2.05) is 6.92 Å². The summed E-state index contributed by atoms with van der Waals surface area (Å²) in [6.07, 6.45) is -7.25. The SMILES string of the molecule is CC(Nc1nc(N[C@H](C)C2CC2)nc(-c2cccc(C(F)(F)F)n2)n1)C(F)(F)F. The van der Waals surface area contributed by atoms with E-state index in [0.29, 0.717) is 5.92 Å². The largest absolute Gasteiger partial charge is 0.433 e. The summed E-state index contributed by atoms with van der Waals surface area (Å²) in [5.74, 6) is -0.337. The lowest BCUT2D eigenvalue weighted by atomic mass is 10.2. The number of hydrogen-bond acceptors (Lipinski definition) is 6. The number of aromatic nitrogens is 4. The van der Waals surface area contributed by atoms with Crippen molar-refractivity contribution in [1.29, 1.82) is 0 Å². The van der Waals surface area contributed by atoms with Crippen LogP contribution in [-0.2, 0) is 6.18 Å². The van der Waals surface area contributed by atoms with Gasteiger partial charge in [-0.1, -0.05) is 6.07 Å². The summed E-state index contributed by atoms with van der Waals surface area (Å²) in [4.78, 5) is 15.3. The fourth-order valence-corrected chi connectivity index (χ4v) is 2.53. The molecule has 0 aliphatic heterocycles. The number of anilines is 2.